The predicted octanol–water partition coefficient (Wildman–Crippen LogP) is 0.424. The van der Waals surface area contributed by atoms with Gasteiger partial charge in [-0.15, -0.1) is 12.4 Å². The van der Waals surface area contributed by atoms with Gasteiger partial charge in [-0.1, -0.05) is 0 Å². The van der Waals surface area contributed by atoms with Crippen molar-refractivity contribution in [1.82, 2.24) is 10.2 Å². The van der Waals surface area contributed by atoms with Crippen LogP contribution in [0.25, 0.3) is 0 Å². The molecular formula is C12H23ClN2O3. The highest BCUT2D eigenvalue weighted by Gasteiger charge is 2.26. The van der Waals surface area contributed by atoms with Crippen molar-refractivity contribution in [3.05, 3.63) is 0 Å². The fourth-order valence-electron chi connectivity index (χ4n) is 2.34. The first-order chi connectivity index (χ1) is 8.27. The smallest absolute Gasteiger partial charge is 0.241 e. The molecule has 2 heterocycles. The number of hydrogen-bond donors (Lipinski definition) is 1. The molecule has 18 heavy (non-hydrogen) atoms. The Labute approximate surface area is 115 Å². The Bertz CT molecular complexity index is 254. The number of morpholine rings is 1. The largest absolute Gasteiger partial charge is 0.378 e. The van der Waals surface area contributed by atoms with Crippen molar-refractivity contribution in [2.24, 2.45) is 0 Å². The predicted molar refractivity (Wildman–Crippen MR) is 71.1 cm³/mol. The summed E-state index contributed by atoms with van der Waals surface area (Å²) in [7, 11) is 1.84. The van der Waals surface area contributed by atoms with Crippen LogP contribution in [-0.2, 0) is 14.3 Å². The van der Waals surface area contributed by atoms with Gasteiger partial charge in [-0.2, -0.15) is 0 Å². The van der Waals surface area contributed by atoms with Crippen molar-refractivity contribution in [1.29, 1.82) is 0 Å². The summed E-state index contributed by atoms with van der Waals surface area (Å²) in [5.41, 5.74) is 0. The van der Waals surface area contributed by atoms with Gasteiger partial charge in [-0.05, 0) is 19.3 Å². The van der Waals surface area contributed by atoms with Crippen molar-refractivity contribution >= 4 is 18.3 Å². The van der Waals surface area contributed by atoms with E-state index in [4.69, 9.17) is 9.47 Å². The monoisotopic (exact) mass is 278 g/mol. The zero-order valence-corrected chi connectivity index (χ0v) is 11.7. The molecule has 5 nitrogen and oxygen atoms in total. The van der Waals surface area contributed by atoms with Crippen molar-refractivity contribution in [3.8, 4) is 0 Å². The SMILES string of the molecule is CN(CC1CCCCO1)C(=O)C1COCCN1.Cl. The molecule has 0 aromatic rings. The number of halogens is 1. The molecule has 2 rings (SSSR count). The van der Waals surface area contributed by atoms with E-state index >= 15 is 0 Å². The molecule has 0 aromatic carbocycles. The van der Waals surface area contributed by atoms with E-state index in [0.717, 1.165) is 26.0 Å². The average Bonchev–Trinajstić information content (AvgIpc) is 2.40. The number of nitrogens with one attached hydrogen (secondary N) is 1. The summed E-state index contributed by atoms with van der Waals surface area (Å²) in [6.45, 7) is 3.45. The summed E-state index contributed by atoms with van der Waals surface area (Å²) in [5, 5.41) is 3.18. The minimum atomic E-state index is -0.183. The lowest BCUT2D eigenvalue weighted by Crippen LogP contribution is -2.53. The zero-order valence-electron chi connectivity index (χ0n) is 10.9. The van der Waals surface area contributed by atoms with Crippen molar-refractivity contribution in [3.63, 3.8) is 0 Å². The van der Waals surface area contributed by atoms with Crippen LogP contribution in [0.15, 0.2) is 0 Å². The molecule has 2 aliphatic rings. The molecule has 0 spiro atoms. The molecule has 2 unspecified atom stereocenters. The quantitative estimate of drug-likeness (QED) is 0.813. The van der Waals surface area contributed by atoms with E-state index in [1.807, 2.05) is 7.05 Å². The van der Waals surface area contributed by atoms with E-state index in [2.05, 4.69) is 5.32 Å². The van der Waals surface area contributed by atoms with E-state index in [1.165, 1.54) is 6.42 Å². The highest BCUT2D eigenvalue weighted by molar-refractivity contribution is 5.85. The lowest BCUT2D eigenvalue weighted by molar-refractivity contribution is -0.137. The van der Waals surface area contributed by atoms with Gasteiger partial charge in [0.25, 0.3) is 0 Å². The van der Waals surface area contributed by atoms with Crippen molar-refractivity contribution in [2.75, 3.05) is 40.0 Å². The maximum absolute atomic E-state index is 12.1. The van der Waals surface area contributed by atoms with E-state index in [1.54, 1.807) is 4.90 Å². The number of amides is 1. The summed E-state index contributed by atoms with van der Waals surface area (Å²) in [4.78, 5) is 13.9. The van der Waals surface area contributed by atoms with Crippen LogP contribution in [0.4, 0.5) is 0 Å². The first-order valence-corrected chi connectivity index (χ1v) is 6.45. The van der Waals surface area contributed by atoms with Crippen LogP contribution in [0.5, 0.6) is 0 Å². The van der Waals surface area contributed by atoms with Gasteiger partial charge in [0.15, 0.2) is 0 Å². The van der Waals surface area contributed by atoms with Crippen molar-refractivity contribution in [2.45, 2.75) is 31.4 Å². The van der Waals surface area contributed by atoms with Gasteiger partial charge < -0.3 is 19.7 Å². The minimum Gasteiger partial charge on any atom is -0.378 e. The first kappa shape index (κ1) is 15.7. The summed E-state index contributed by atoms with van der Waals surface area (Å²) >= 11 is 0. The first-order valence-electron chi connectivity index (χ1n) is 6.45. The Hall–Kier alpha value is -0.360. The highest BCUT2D eigenvalue weighted by atomic mass is 35.5. The third-order valence-electron chi connectivity index (χ3n) is 3.35. The second-order valence-corrected chi connectivity index (χ2v) is 4.79. The van der Waals surface area contributed by atoms with Gasteiger partial charge in [0.05, 0.1) is 19.3 Å². The van der Waals surface area contributed by atoms with Gasteiger partial charge in [0.2, 0.25) is 5.91 Å². The van der Waals surface area contributed by atoms with E-state index in [9.17, 15) is 4.79 Å². The number of carbonyl (C=O) groups is 1. The Morgan fingerprint density at radius 3 is 2.83 bits per heavy atom. The van der Waals surface area contributed by atoms with E-state index in [-0.39, 0.29) is 30.5 Å². The van der Waals surface area contributed by atoms with Crippen LogP contribution in [0.2, 0.25) is 0 Å². The van der Waals surface area contributed by atoms with Crippen LogP contribution in [-0.4, -0.2) is 62.9 Å². The Morgan fingerprint density at radius 2 is 2.22 bits per heavy atom. The lowest BCUT2D eigenvalue weighted by atomic mass is 10.1. The third kappa shape index (κ3) is 4.39. The number of ether oxygens (including phenoxy) is 2. The Morgan fingerprint density at radius 1 is 1.39 bits per heavy atom. The molecule has 0 saturated carbocycles. The van der Waals surface area contributed by atoms with Crippen LogP contribution in [0.1, 0.15) is 19.3 Å². The van der Waals surface area contributed by atoms with Crippen LogP contribution in [0.3, 0.4) is 0 Å². The molecule has 0 bridgehead atoms. The molecule has 2 saturated heterocycles. The van der Waals surface area contributed by atoms with Crippen LogP contribution >= 0.6 is 12.4 Å². The second kappa shape index (κ2) is 7.94. The highest BCUT2D eigenvalue weighted by Crippen LogP contribution is 2.13. The summed E-state index contributed by atoms with van der Waals surface area (Å²) in [6, 6.07) is -0.183. The number of rotatable bonds is 3. The zero-order chi connectivity index (χ0) is 12.1. The number of hydrogen-bond acceptors (Lipinski definition) is 4. The molecule has 1 amide bonds. The summed E-state index contributed by atoms with van der Waals surface area (Å²) in [5.74, 6) is 0.110. The van der Waals surface area contributed by atoms with Crippen LogP contribution < -0.4 is 5.32 Å². The van der Waals surface area contributed by atoms with Crippen molar-refractivity contribution < 1.29 is 14.3 Å². The third-order valence-corrected chi connectivity index (χ3v) is 3.35. The molecule has 6 heteroatoms. The summed E-state index contributed by atoms with van der Waals surface area (Å²) < 4.78 is 10.9. The summed E-state index contributed by atoms with van der Waals surface area (Å²) in [6.07, 6.45) is 3.62. The normalized spacial score (nSPS) is 28.3. The maximum Gasteiger partial charge on any atom is 0.241 e. The number of carbonyl (C=O) groups excluding carboxylic acids is 1. The fourth-order valence-corrected chi connectivity index (χ4v) is 2.34. The average molecular weight is 279 g/mol. The Kier molecular flexibility index (Phi) is 6.92. The molecule has 106 valence electrons. The number of likely N-dealkylation sites (N-methyl/N-ethyl adjacent to an activating group) is 1. The van der Waals surface area contributed by atoms with Gasteiger partial charge >= 0.3 is 0 Å². The number of nitrogens with zero attached hydrogens (tertiary/aromatic N) is 1. The molecule has 2 aliphatic heterocycles. The molecule has 0 aromatic heterocycles. The lowest BCUT2D eigenvalue weighted by Gasteiger charge is -2.31. The molecule has 0 radical (unpaired) electrons. The van der Waals surface area contributed by atoms with E-state index < -0.39 is 0 Å². The van der Waals surface area contributed by atoms with Gasteiger partial charge in [-0.3, -0.25) is 4.79 Å². The van der Waals surface area contributed by atoms with E-state index in [0.29, 0.717) is 19.8 Å². The topological polar surface area (TPSA) is 50.8 Å². The van der Waals surface area contributed by atoms with Crippen LogP contribution in [0, 0.1) is 0 Å². The van der Waals surface area contributed by atoms with Gasteiger partial charge in [0.1, 0.15) is 6.04 Å². The minimum absolute atomic E-state index is 0. The van der Waals surface area contributed by atoms with Gasteiger partial charge in [-0.25, -0.2) is 0 Å². The molecule has 1 N–H and O–H groups in total. The fraction of sp³-hybridized carbons (Fsp3) is 0.917. The standard InChI is InChI=1S/C12H22N2O3.ClH/c1-14(8-10-4-2-3-6-17-10)12(15)11-9-16-7-5-13-11;/h10-11,13H,2-9H2,1H3;1H. The molecule has 0 aliphatic carbocycles. The molecular weight excluding hydrogens is 256 g/mol. The Balaban J connectivity index is 0.00000162. The second-order valence-electron chi connectivity index (χ2n) is 4.79. The van der Waals surface area contributed by atoms with Gasteiger partial charge in [0, 0.05) is 26.7 Å². The molecule has 2 atom stereocenters. The molecule has 2 fully saturated rings. The maximum atomic E-state index is 12.1.